The number of hydrogen-bond donors (Lipinski definition) is 5. The fourth-order valence-electron chi connectivity index (χ4n) is 4.77. The van der Waals surface area contributed by atoms with Gasteiger partial charge in [-0.15, -0.1) is 18.3 Å². The third kappa shape index (κ3) is 6.09. The Kier molecular flexibility index (Phi) is 8.47. The summed E-state index contributed by atoms with van der Waals surface area (Å²) in [6.07, 6.45) is 2.73. The summed E-state index contributed by atoms with van der Waals surface area (Å²) in [5, 5.41) is 27.8. The number of carbonyl (C=O) groups is 5. The quantitative estimate of drug-likeness (QED) is 0.121. The molecular formula is C28H29N5O7S. The average molecular weight is 580 g/mol. The van der Waals surface area contributed by atoms with Crippen molar-refractivity contribution >= 4 is 47.6 Å². The van der Waals surface area contributed by atoms with Crippen LogP contribution in [0.1, 0.15) is 41.4 Å². The van der Waals surface area contributed by atoms with Gasteiger partial charge in [0.15, 0.2) is 0 Å². The SMILES string of the molecule is C=CCc1cc(C(=O)N/N=C/C(=O)NC(C(=O)N[C@@H]2C(=O)N3[C@@H]2SC(C)(C)[C@@H]3C(=O)O)c2ccccc2)ccc1O. The molecule has 0 aliphatic carbocycles. The highest BCUT2D eigenvalue weighted by Gasteiger charge is 2.64. The number of carboxylic acids is 1. The van der Waals surface area contributed by atoms with Gasteiger partial charge in [-0.2, -0.15) is 5.10 Å². The number of phenols is 1. The molecular weight excluding hydrogens is 550 g/mol. The summed E-state index contributed by atoms with van der Waals surface area (Å²) in [4.78, 5) is 64.3. The zero-order valence-corrected chi connectivity index (χ0v) is 23.1. The molecule has 2 aromatic carbocycles. The number of thioether (sulfide) groups is 1. The Morgan fingerprint density at radius 1 is 1.17 bits per heavy atom. The summed E-state index contributed by atoms with van der Waals surface area (Å²) in [6.45, 7) is 7.07. The lowest BCUT2D eigenvalue weighted by Crippen LogP contribution is -2.71. The summed E-state index contributed by atoms with van der Waals surface area (Å²) >= 11 is 1.29. The van der Waals surface area contributed by atoms with Gasteiger partial charge in [-0.3, -0.25) is 19.2 Å². The molecule has 4 amide bonds. The molecule has 2 saturated heterocycles. The number of nitrogens with one attached hydrogen (secondary N) is 3. The van der Waals surface area contributed by atoms with E-state index in [0.717, 1.165) is 6.21 Å². The van der Waals surface area contributed by atoms with Crippen molar-refractivity contribution in [2.24, 2.45) is 5.10 Å². The average Bonchev–Trinajstić information content (AvgIpc) is 3.19. The zero-order valence-electron chi connectivity index (χ0n) is 22.2. The van der Waals surface area contributed by atoms with Crippen LogP contribution in [-0.2, 0) is 25.6 Å². The Bertz CT molecular complexity index is 1430. The number of fused-ring (bicyclic) bond motifs is 1. The molecule has 2 aliphatic heterocycles. The molecule has 4 rings (SSSR count). The smallest absolute Gasteiger partial charge is 0.327 e. The predicted octanol–water partition coefficient (Wildman–Crippen LogP) is 1.33. The lowest BCUT2D eigenvalue weighted by atomic mass is 9.95. The van der Waals surface area contributed by atoms with Gasteiger partial charge in [-0.05, 0) is 49.6 Å². The Labute approximate surface area is 239 Å². The molecule has 0 aromatic heterocycles. The summed E-state index contributed by atoms with van der Waals surface area (Å²) in [6, 6.07) is 9.39. The number of aliphatic carboxylic acids is 1. The summed E-state index contributed by atoms with van der Waals surface area (Å²) < 4.78 is -0.757. The van der Waals surface area contributed by atoms with Gasteiger partial charge in [0, 0.05) is 10.3 Å². The van der Waals surface area contributed by atoms with Crippen molar-refractivity contribution < 1.29 is 34.2 Å². The number of β-lactam (4-membered cyclic amide) rings is 1. The molecule has 2 aliphatic rings. The molecule has 1 unspecified atom stereocenters. The Morgan fingerprint density at radius 3 is 2.54 bits per heavy atom. The van der Waals surface area contributed by atoms with E-state index in [1.807, 2.05) is 0 Å². The second-order valence-electron chi connectivity index (χ2n) is 9.97. The molecule has 12 nitrogen and oxygen atoms in total. The number of allylic oxidation sites excluding steroid dienone is 1. The van der Waals surface area contributed by atoms with Gasteiger partial charge in [-0.25, -0.2) is 10.2 Å². The van der Waals surface area contributed by atoms with E-state index < -0.39 is 57.8 Å². The minimum absolute atomic E-state index is 0.0165. The summed E-state index contributed by atoms with van der Waals surface area (Å²) in [5.74, 6) is -3.70. The van der Waals surface area contributed by atoms with Gasteiger partial charge >= 0.3 is 5.97 Å². The highest BCUT2D eigenvalue weighted by molar-refractivity contribution is 8.01. The van der Waals surface area contributed by atoms with Crippen LogP contribution in [0.15, 0.2) is 66.3 Å². The first-order chi connectivity index (χ1) is 19.4. The van der Waals surface area contributed by atoms with Gasteiger partial charge < -0.3 is 25.7 Å². The number of hydrazone groups is 1. The minimum Gasteiger partial charge on any atom is -0.508 e. The van der Waals surface area contributed by atoms with Crippen molar-refractivity contribution in [2.75, 3.05) is 0 Å². The highest BCUT2D eigenvalue weighted by atomic mass is 32.2. The number of hydrogen-bond acceptors (Lipinski definition) is 8. The third-order valence-corrected chi connectivity index (χ3v) is 8.28. The maximum absolute atomic E-state index is 13.3. The summed E-state index contributed by atoms with van der Waals surface area (Å²) in [7, 11) is 0. The molecule has 13 heteroatoms. The molecule has 0 saturated carbocycles. The molecule has 5 N–H and O–H groups in total. The number of carbonyl (C=O) groups excluding carboxylic acids is 4. The lowest BCUT2D eigenvalue weighted by molar-refractivity contribution is -0.161. The fourth-order valence-corrected chi connectivity index (χ4v) is 6.39. The van der Waals surface area contributed by atoms with E-state index in [0.29, 0.717) is 17.5 Å². The van der Waals surface area contributed by atoms with Crippen LogP contribution < -0.4 is 16.1 Å². The number of benzene rings is 2. The normalized spacial score (nSPS) is 21.4. The topological polar surface area (TPSA) is 177 Å². The van der Waals surface area contributed by atoms with Gasteiger partial charge in [0.05, 0.1) is 0 Å². The number of nitrogens with zero attached hydrogens (tertiary/aromatic N) is 2. The lowest BCUT2D eigenvalue weighted by Gasteiger charge is -2.44. The second-order valence-corrected chi connectivity index (χ2v) is 11.7. The van der Waals surface area contributed by atoms with Gasteiger partial charge in [-0.1, -0.05) is 36.4 Å². The first kappa shape index (κ1) is 29.3. The maximum Gasteiger partial charge on any atom is 0.327 e. The molecule has 2 heterocycles. The molecule has 0 spiro atoms. The van der Waals surface area contributed by atoms with Gasteiger partial charge in [0.25, 0.3) is 11.8 Å². The molecule has 0 radical (unpaired) electrons. The zero-order chi connectivity index (χ0) is 29.9. The van der Waals surface area contributed by atoms with Crippen LogP contribution in [0.25, 0.3) is 0 Å². The van der Waals surface area contributed by atoms with Crippen LogP contribution in [0.5, 0.6) is 5.75 Å². The van der Waals surface area contributed by atoms with Crippen molar-refractivity contribution in [1.29, 1.82) is 0 Å². The van der Waals surface area contributed by atoms with Crippen molar-refractivity contribution in [2.45, 2.75) is 48.5 Å². The van der Waals surface area contributed by atoms with Crippen molar-refractivity contribution in [3.8, 4) is 5.75 Å². The molecule has 0 bridgehead atoms. The molecule has 4 atom stereocenters. The van der Waals surface area contributed by atoms with E-state index in [4.69, 9.17) is 0 Å². The monoisotopic (exact) mass is 579 g/mol. The van der Waals surface area contributed by atoms with Crippen LogP contribution >= 0.6 is 11.8 Å². The van der Waals surface area contributed by atoms with E-state index in [9.17, 15) is 34.2 Å². The van der Waals surface area contributed by atoms with Crippen LogP contribution in [0.4, 0.5) is 0 Å². The van der Waals surface area contributed by atoms with Crippen molar-refractivity contribution in [3.05, 3.63) is 77.9 Å². The van der Waals surface area contributed by atoms with E-state index >= 15 is 0 Å². The van der Waals surface area contributed by atoms with E-state index in [2.05, 4.69) is 27.7 Å². The van der Waals surface area contributed by atoms with E-state index in [-0.39, 0.29) is 11.3 Å². The van der Waals surface area contributed by atoms with E-state index in [1.165, 1.54) is 34.9 Å². The maximum atomic E-state index is 13.3. The summed E-state index contributed by atoms with van der Waals surface area (Å²) in [5.41, 5.74) is 3.36. The van der Waals surface area contributed by atoms with Crippen molar-refractivity contribution in [1.82, 2.24) is 21.0 Å². The molecule has 2 aromatic rings. The number of rotatable bonds is 10. The Morgan fingerprint density at radius 2 is 1.88 bits per heavy atom. The van der Waals surface area contributed by atoms with Gasteiger partial charge in [0.2, 0.25) is 11.8 Å². The van der Waals surface area contributed by atoms with E-state index in [1.54, 1.807) is 50.3 Å². The number of phenolic OH excluding ortho intramolecular Hbond substituents is 1. The highest BCUT2D eigenvalue weighted by Crippen LogP contribution is 2.50. The van der Waals surface area contributed by atoms with Crippen molar-refractivity contribution in [3.63, 3.8) is 0 Å². The minimum atomic E-state index is -1.21. The molecule has 2 fully saturated rings. The molecule has 41 heavy (non-hydrogen) atoms. The molecule has 214 valence electrons. The number of carboxylic acid groups (broad SMARTS) is 1. The number of amides is 4. The first-order valence-electron chi connectivity index (χ1n) is 12.6. The largest absolute Gasteiger partial charge is 0.508 e. The van der Waals surface area contributed by atoms with Crippen LogP contribution in [0.2, 0.25) is 0 Å². The standard InChI is InChI=1S/C28H29N5O7S/c1-4-8-16-13-17(11-12-18(16)34)23(36)32-29-14-19(35)30-20(15-9-6-5-7-10-15)24(37)31-21-25(38)33-22(27(39)40)28(2,3)41-26(21)33/h4-7,9-14,20-22,26,34H,1,8H2,2-3H3,(H,30,35)(H,31,37)(H,32,36)(H,39,40)/b29-14+/t20?,21-,22+,26-/m1/s1. The second kappa shape index (κ2) is 11.8. The predicted molar refractivity (Wildman–Crippen MR) is 151 cm³/mol. The van der Waals surface area contributed by atoms with Crippen LogP contribution in [-0.4, -0.2) is 73.1 Å². The van der Waals surface area contributed by atoms with Crippen LogP contribution in [0, 0.1) is 0 Å². The van der Waals surface area contributed by atoms with Gasteiger partial charge in [0.1, 0.15) is 35.5 Å². The third-order valence-electron chi connectivity index (χ3n) is 6.71. The Hall–Kier alpha value is -4.65. The first-order valence-corrected chi connectivity index (χ1v) is 13.5. The Balaban J connectivity index is 1.42. The fraction of sp³-hybridized carbons (Fsp3) is 0.286. The van der Waals surface area contributed by atoms with Crippen LogP contribution in [0.3, 0.4) is 0 Å². The number of aromatic hydroxyl groups is 1.